The van der Waals surface area contributed by atoms with Gasteiger partial charge in [-0.3, -0.25) is 9.78 Å². The highest BCUT2D eigenvalue weighted by molar-refractivity contribution is 7.09. The van der Waals surface area contributed by atoms with Crippen LogP contribution in [0.4, 0.5) is 14.4 Å². The molecular formula is C40H50N6O6S2. The predicted octanol–water partition coefficient (Wildman–Crippen LogP) is 7.21. The average Bonchev–Trinajstić information content (AvgIpc) is 3.95. The third kappa shape index (κ3) is 12.9. The van der Waals surface area contributed by atoms with Crippen molar-refractivity contribution < 1.29 is 28.7 Å². The van der Waals surface area contributed by atoms with Crippen molar-refractivity contribution in [3.8, 4) is 0 Å². The lowest BCUT2D eigenvalue weighted by molar-refractivity contribution is -0.122. The number of ether oxygens (including phenoxy) is 2. The zero-order valence-corrected chi connectivity index (χ0v) is 32.8. The minimum atomic E-state index is -0.826. The number of carbonyl (C=O) groups excluding carboxylic acids is 4. The van der Waals surface area contributed by atoms with Gasteiger partial charge >= 0.3 is 18.2 Å². The Balaban J connectivity index is 1.28. The van der Waals surface area contributed by atoms with E-state index in [1.165, 1.54) is 16.2 Å². The van der Waals surface area contributed by atoms with E-state index >= 15 is 0 Å². The summed E-state index contributed by atoms with van der Waals surface area (Å²) in [6.45, 7) is 5.61. The van der Waals surface area contributed by atoms with Crippen LogP contribution < -0.4 is 10.6 Å². The number of hydrogen-bond donors (Lipinski definition) is 2. The summed E-state index contributed by atoms with van der Waals surface area (Å²) in [6, 6.07) is 18.5. The molecule has 14 heteroatoms. The highest BCUT2D eigenvalue weighted by Gasteiger charge is 2.29. The van der Waals surface area contributed by atoms with E-state index in [1.54, 1.807) is 35.0 Å². The number of ketones is 1. The zero-order valence-electron chi connectivity index (χ0n) is 31.1. The molecule has 1 aliphatic rings. The van der Waals surface area contributed by atoms with Crippen molar-refractivity contribution in [1.82, 2.24) is 30.4 Å². The summed E-state index contributed by atoms with van der Waals surface area (Å²) in [4.78, 5) is 65.7. The summed E-state index contributed by atoms with van der Waals surface area (Å²) >= 11 is 2.99. The number of nitrogens with zero attached hydrogens (tertiary/aromatic N) is 4. The van der Waals surface area contributed by atoms with Crippen LogP contribution in [-0.2, 0) is 40.3 Å². The summed E-state index contributed by atoms with van der Waals surface area (Å²) in [5.41, 5.74) is 4.66. The summed E-state index contributed by atoms with van der Waals surface area (Å²) in [7, 11) is 1.68. The third-order valence-corrected chi connectivity index (χ3v) is 11.2. The summed E-state index contributed by atoms with van der Waals surface area (Å²) < 4.78 is 10.6. The van der Waals surface area contributed by atoms with Crippen molar-refractivity contribution in [2.24, 2.45) is 5.92 Å². The van der Waals surface area contributed by atoms with Crippen LogP contribution in [0.25, 0.3) is 0 Å². The fourth-order valence-corrected chi connectivity index (χ4v) is 7.66. The van der Waals surface area contributed by atoms with E-state index in [0.717, 1.165) is 26.7 Å². The molecule has 2 aromatic heterocycles. The molecule has 1 aliphatic heterocycles. The summed E-state index contributed by atoms with van der Waals surface area (Å²) in [6.07, 6.45) is 3.67. The van der Waals surface area contributed by atoms with E-state index in [0.29, 0.717) is 51.3 Å². The Kier molecular flexibility index (Phi) is 15.4. The average molecular weight is 775 g/mol. The van der Waals surface area contributed by atoms with Gasteiger partial charge in [0, 0.05) is 43.5 Å². The molecule has 1 saturated heterocycles. The number of benzene rings is 2. The summed E-state index contributed by atoms with van der Waals surface area (Å²) in [5, 5.41) is 9.00. The standard InChI is InChI=1S/C40H50N6O6S2/c1-28(2)37-42-33(26-53-37)24-45(3)38(48)44-35(16-17-46-18-19-51-40(46)50)36(47)22-31(20-29-10-6-4-7-11-29)14-15-32(21-30-12-8-5-9-13-30)43-39(49)52-25-34-23-41-27-54-34/h4-13,23,26-28,31-32,35H,14-22,24-25H2,1-3H3,(H,43,49)(H,44,48). The molecule has 0 bridgehead atoms. The van der Waals surface area contributed by atoms with Gasteiger partial charge in [0.05, 0.1) is 40.2 Å². The van der Waals surface area contributed by atoms with Gasteiger partial charge in [-0.1, -0.05) is 74.5 Å². The van der Waals surface area contributed by atoms with Gasteiger partial charge in [-0.05, 0) is 49.1 Å². The lowest BCUT2D eigenvalue weighted by Crippen LogP contribution is -2.48. The van der Waals surface area contributed by atoms with E-state index in [2.05, 4.69) is 34.4 Å². The molecule has 2 aromatic carbocycles. The first kappa shape index (κ1) is 40.4. The second kappa shape index (κ2) is 20.6. The maximum atomic E-state index is 14.3. The Labute approximate surface area is 325 Å². The fraction of sp³-hybridized carbons (Fsp3) is 0.450. The topological polar surface area (TPSA) is 143 Å². The van der Waals surface area contributed by atoms with Crippen molar-refractivity contribution >= 4 is 46.7 Å². The molecule has 5 rings (SSSR count). The van der Waals surface area contributed by atoms with Crippen LogP contribution in [0.15, 0.2) is 77.8 Å². The van der Waals surface area contributed by atoms with E-state index in [1.807, 2.05) is 66.0 Å². The van der Waals surface area contributed by atoms with E-state index in [9.17, 15) is 19.2 Å². The zero-order chi connectivity index (χ0) is 38.3. The molecule has 12 nitrogen and oxygen atoms in total. The van der Waals surface area contributed by atoms with Crippen molar-refractivity contribution in [1.29, 1.82) is 0 Å². The quantitative estimate of drug-likeness (QED) is 0.0960. The molecule has 4 amide bonds. The molecule has 0 spiro atoms. The number of cyclic esters (lactones) is 1. The molecular weight excluding hydrogens is 725 g/mol. The molecule has 2 N–H and O–H groups in total. The normalized spacial score (nSPS) is 14.3. The molecule has 54 heavy (non-hydrogen) atoms. The van der Waals surface area contributed by atoms with Gasteiger partial charge < -0.3 is 29.9 Å². The van der Waals surface area contributed by atoms with Crippen LogP contribution in [0.1, 0.15) is 72.2 Å². The lowest BCUT2D eigenvalue weighted by Gasteiger charge is -2.26. The summed E-state index contributed by atoms with van der Waals surface area (Å²) in [5.74, 6) is 0.0856. The number of thiazole rings is 2. The second-order valence-electron chi connectivity index (χ2n) is 14.0. The van der Waals surface area contributed by atoms with Crippen molar-refractivity contribution in [3.63, 3.8) is 0 Å². The van der Waals surface area contributed by atoms with Gasteiger partial charge in [-0.2, -0.15) is 0 Å². The van der Waals surface area contributed by atoms with Crippen LogP contribution in [0.3, 0.4) is 0 Å². The van der Waals surface area contributed by atoms with Crippen LogP contribution >= 0.6 is 22.7 Å². The fourth-order valence-electron chi connectivity index (χ4n) is 6.33. The van der Waals surface area contributed by atoms with Crippen molar-refractivity contribution in [3.05, 3.63) is 104 Å². The monoisotopic (exact) mass is 774 g/mol. The van der Waals surface area contributed by atoms with Crippen LogP contribution in [-0.4, -0.2) is 82.6 Å². The molecule has 3 atom stereocenters. The van der Waals surface area contributed by atoms with E-state index < -0.39 is 18.2 Å². The van der Waals surface area contributed by atoms with Gasteiger partial charge in [-0.25, -0.2) is 19.4 Å². The minimum Gasteiger partial charge on any atom is -0.448 e. The molecule has 0 radical (unpaired) electrons. The molecule has 4 aromatic rings. The molecule has 1 fully saturated rings. The van der Waals surface area contributed by atoms with Gasteiger partial charge in [-0.15, -0.1) is 22.7 Å². The van der Waals surface area contributed by atoms with Crippen molar-refractivity contribution in [2.75, 3.05) is 26.7 Å². The van der Waals surface area contributed by atoms with Crippen LogP contribution in [0.2, 0.25) is 0 Å². The number of alkyl carbamates (subject to hydrolysis) is 1. The Hall–Kier alpha value is -4.82. The number of amides is 4. The predicted molar refractivity (Wildman–Crippen MR) is 209 cm³/mol. The van der Waals surface area contributed by atoms with Gasteiger partial charge in [0.1, 0.15) is 13.2 Å². The first-order valence-electron chi connectivity index (χ1n) is 18.4. The number of nitrogens with one attached hydrogen (secondary N) is 2. The highest BCUT2D eigenvalue weighted by Crippen LogP contribution is 2.23. The number of aromatic nitrogens is 2. The third-order valence-electron chi connectivity index (χ3n) is 9.28. The smallest absolute Gasteiger partial charge is 0.409 e. The van der Waals surface area contributed by atoms with Gasteiger partial charge in [0.2, 0.25) is 0 Å². The van der Waals surface area contributed by atoms with Crippen LogP contribution in [0, 0.1) is 5.92 Å². The van der Waals surface area contributed by atoms with E-state index in [4.69, 9.17) is 9.47 Å². The second-order valence-corrected chi connectivity index (χ2v) is 15.8. The number of urea groups is 1. The SMILES string of the molecule is CC(C)c1nc(CN(C)C(=O)NC(CCN2CCOC2=O)C(=O)CC(CCC(Cc2ccccc2)NC(=O)OCc2cncs2)Cc2ccccc2)cs1. The molecule has 0 saturated carbocycles. The van der Waals surface area contributed by atoms with E-state index in [-0.39, 0.29) is 49.8 Å². The molecule has 3 heterocycles. The van der Waals surface area contributed by atoms with Gasteiger partial charge in [0.15, 0.2) is 5.78 Å². The first-order chi connectivity index (χ1) is 26.1. The maximum Gasteiger partial charge on any atom is 0.409 e. The maximum absolute atomic E-state index is 14.3. The minimum absolute atomic E-state index is 0.0912. The number of carbonyl (C=O) groups is 4. The van der Waals surface area contributed by atoms with Gasteiger partial charge in [0.25, 0.3) is 0 Å². The van der Waals surface area contributed by atoms with Crippen molar-refractivity contribution in [2.45, 2.75) is 83.5 Å². The highest BCUT2D eigenvalue weighted by atomic mass is 32.1. The molecule has 0 aliphatic carbocycles. The Bertz CT molecular complexity index is 1770. The number of Topliss-reactive ketones (excluding diaryl/α,β-unsaturated/α-hetero) is 1. The van der Waals surface area contributed by atoms with Crippen LogP contribution in [0.5, 0.6) is 0 Å². The Morgan fingerprint density at radius 2 is 1.69 bits per heavy atom. The molecule has 288 valence electrons. The Morgan fingerprint density at radius 1 is 0.963 bits per heavy atom. The largest absolute Gasteiger partial charge is 0.448 e. The lowest BCUT2D eigenvalue weighted by atomic mass is 9.86. The first-order valence-corrected chi connectivity index (χ1v) is 20.2. The Morgan fingerprint density at radius 3 is 2.31 bits per heavy atom. The molecule has 3 unspecified atom stereocenters. The number of hydrogen-bond acceptors (Lipinski definition) is 10. The number of rotatable bonds is 20.